The highest BCUT2D eigenvalue weighted by atomic mass is 16.3. The lowest BCUT2D eigenvalue weighted by Gasteiger charge is -2.27. The largest absolute Gasteiger partial charge is 0.483 e. The maximum absolute atomic E-state index is 13.3. The van der Waals surface area contributed by atoms with E-state index in [9.17, 15) is 14.7 Å². The molecule has 2 unspecified atom stereocenters. The topological polar surface area (TPSA) is 116 Å². The van der Waals surface area contributed by atoms with Crippen molar-refractivity contribution in [1.82, 2.24) is 19.4 Å². The molecule has 4 heterocycles. The minimum atomic E-state index is -0.274. The Morgan fingerprint density at radius 3 is 2.59 bits per heavy atom. The van der Waals surface area contributed by atoms with E-state index in [1.807, 2.05) is 18.4 Å². The maximum Gasteiger partial charge on any atom is 0.290 e. The molecule has 0 spiro atoms. The second kappa shape index (κ2) is 9.79. The third-order valence-electron chi connectivity index (χ3n) is 6.60. The van der Waals surface area contributed by atoms with Gasteiger partial charge in [-0.25, -0.2) is 4.98 Å². The van der Waals surface area contributed by atoms with Crippen LogP contribution in [0.5, 0.6) is 0 Å². The van der Waals surface area contributed by atoms with E-state index >= 15 is 0 Å². The summed E-state index contributed by atoms with van der Waals surface area (Å²) in [5.41, 5.74) is 1.12. The van der Waals surface area contributed by atoms with E-state index in [0.29, 0.717) is 30.7 Å². The zero-order valence-corrected chi connectivity index (χ0v) is 19.0. The highest BCUT2D eigenvalue weighted by molar-refractivity contribution is 5.97. The van der Waals surface area contributed by atoms with E-state index in [2.05, 4.69) is 16.8 Å². The number of hydrogen-bond acceptors (Lipinski definition) is 6. The molecule has 0 radical (unpaired) electrons. The normalized spacial score (nSPS) is 22.5. The first-order valence-corrected chi connectivity index (χ1v) is 11.0. The monoisotopic (exact) mass is 444 g/mol. The maximum atomic E-state index is 13.3. The Labute approximate surface area is 187 Å². The minimum absolute atomic E-state index is 0.0712. The van der Waals surface area contributed by atoms with Gasteiger partial charge in [0.2, 0.25) is 5.43 Å². The van der Waals surface area contributed by atoms with Crippen molar-refractivity contribution in [3.8, 4) is 0 Å². The Bertz CT molecular complexity index is 1050. The minimum Gasteiger partial charge on any atom is -0.483 e. The van der Waals surface area contributed by atoms with E-state index in [1.54, 1.807) is 23.2 Å². The molecule has 2 aromatic heterocycles. The number of likely N-dealkylation sites (tertiary alicyclic amines) is 2. The van der Waals surface area contributed by atoms with Gasteiger partial charge in [-0.2, -0.15) is 0 Å². The molecule has 9 nitrogen and oxygen atoms in total. The molecule has 9 heteroatoms. The SMILES string of the molecule is CCCN1CC2CN(C(=O)c3cn(CC)c4nc(C)ccc4c3=O)CC2(CO)C1.O=CO. The number of hydrogen-bond donors (Lipinski definition) is 2. The molecule has 174 valence electrons. The van der Waals surface area contributed by atoms with Crippen molar-refractivity contribution in [3.63, 3.8) is 0 Å². The van der Waals surface area contributed by atoms with Gasteiger partial charge < -0.3 is 24.6 Å². The van der Waals surface area contributed by atoms with Crippen LogP contribution in [0.1, 0.15) is 36.3 Å². The Morgan fingerprint density at radius 1 is 1.28 bits per heavy atom. The van der Waals surface area contributed by atoms with Gasteiger partial charge in [0.15, 0.2) is 0 Å². The number of aromatic nitrogens is 2. The summed E-state index contributed by atoms with van der Waals surface area (Å²) in [6.07, 6.45) is 2.74. The number of fused-ring (bicyclic) bond motifs is 2. The summed E-state index contributed by atoms with van der Waals surface area (Å²) in [5.74, 6) is 0.0186. The number of carbonyl (C=O) groups is 2. The van der Waals surface area contributed by atoms with E-state index in [0.717, 1.165) is 31.7 Å². The van der Waals surface area contributed by atoms with Crippen LogP contribution in [0, 0.1) is 18.3 Å². The molecular weight excluding hydrogens is 412 g/mol. The Morgan fingerprint density at radius 2 is 2.00 bits per heavy atom. The quantitative estimate of drug-likeness (QED) is 0.666. The van der Waals surface area contributed by atoms with E-state index < -0.39 is 0 Å². The number of carboxylic acid groups (broad SMARTS) is 1. The molecule has 2 aliphatic rings. The fourth-order valence-electron chi connectivity index (χ4n) is 5.08. The molecule has 4 rings (SSSR count). The van der Waals surface area contributed by atoms with Crippen molar-refractivity contribution in [2.45, 2.75) is 33.7 Å². The van der Waals surface area contributed by atoms with Crippen molar-refractivity contribution in [2.75, 3.05) is 39.3 Å². The van der Waals surface area contributed by atoms with Crippen LogP contribution in [0.15, 0.2) is 23.1 Å². The lowest BCUT2D eigenvalue weighted by atomic mass is 9.82. The van der Waals surface area contributed by atoms with Gasteiger partial charge in [-0.3, -0.25) is 14.4 Å². The number of aliphatic hydroxyl groups excluding tert-OH is 1. The van der Waals surface area contributed by atoms with E-state index in [4.69, 9.17) is 9.90 Å². The second-order valence-corrected chi connectivity index (χ2v) is 8.73. The summed E-state index contributed by atoms with van der Waals surface area (Å²) in [7, 11) is 0. The van der Waals surface area contributed by atoms with Crippen LogP contribution in [0.4, 0.5) is 0 Å². The fraction of sp³-hybridized carbons (Fsp3) is 0.565. The molecule has 0 aromatic carbocycles. The average Bonchev–Trinajstić information content (AvgIpc) is 3.28. The Hall–Kier alpha value is -2.78. The van der Waals surface area contributed by atoms with E-state index in [1.165, 1.54) is 0 Å². The first-order chi connectivity index (χ1) is 15.3. The van der Waals surface area contributed by atoms with Gasteiger partial charge in [0.05, 0.1) is 12.0 Å². The molecule has 2 saturated heterocycles. The van der Waals surface area contributed by atoms with Gasteiger partial charge in [0.25, 0.3) is 12.4 Å². The molecule has 2 aliphatic heterocycles. The van der Waals surface area contributed by atoms with Gasteiger partial charge in [-0.05, 0) is 44.9 Å². The summed E-state index contributed by atoms with van der Waals surface area (Å²) < 4.78 is 1.87. The van der Waals surface area contributed by atoms with E-state index in [-0.39, 0.29) is 41.3 Å². The number of amides is 1. The third kappa shape index (κ3) is 4.27. The number of rotatable bonds is 5. The Balaban J connectivity index is 0.000000913. The molecule has 0 bridgehead atoms. The summed E-state index contributed by atoms with van der Waals surface area (Å²) >= 11 is 0. The summed E-state index contributed by atoms with van der Waals surface area (Å²) in [4.78, 5) is 43.4. The molecule has 2 atom stereocenters. The van der Waals surface area contributed by atoms with Crippen LogP contribution >= 0.6 is 0 Å². The summed E-state index contributed by atoms with van der Waals surface area (Å²) in [6, 6.07) is 3.57. The van der Waals surface area contributed by atoms with Gasteiger partial charge in [0.1, 0.15) is 11.2 Å². The number of pyridine rings is 2. The van der Waals surface area contributed by atoms with Crippen molar-refractivity contribution >= 4 is 23.4 Å². The van der Waals surface area contributed by atoms with Crippen molar-refractivity contribution in [3.05, 3.63) is 39.8 Å². The predicted molar refractivity (Wildman–Crippen MR) is 121 cm³/mol. The highest BCUT2D eigenvalue weighted by Crippen LogP contribution is 2.42. The molecule has 0 saturated carbocycles. The molecule has 32 heavy (non-hydrogen) atoms. The van der Waals surface area contributed by atoms with Crippen LogP contribution in [0.3, 0.4) is 0 Å². The van der Waals surface area contributed by atoms with Gasteiger partial charge in [0, 0.05) is 50.0 Å². The molecular formula is C23H32N4O5. The predicted octanol–water partition coefficient (Wildman–Crippen LogP) is 1.20. The zero-order valence-electron chi connectivity index (χ0n) is 19.0. The van der Waals surface area contributed by atoms with Crippen LogP contribution < -0.4 is 5.43 Å². The number of carbonyl (C=O) groups excluding carboxylic acids is 1. The summed E-state index contributed by atoms with van der Waals surface area (Å²) in [6.45, 7) is 10.3. The molecule has 0 aliphatic carbocycles. The molecule has 2 N–H and O–H groups in total. The van der Waals surface area contributed by atoms with Gasteiger partial charge in [-0.1, -0.05) is 6.92 Å². The van der Waals surface area contributed by atoms with Crippen molar-refractivity contribution < 1.29 is 19.8 Å². The standard InChI is InChI=1S/C22H30N4O3.CH2O2/c1-4-8-24-9-16-10-26(13-22(16,12-24)14-27)21(29)18-11-25(5-2)20-17(19(18)28)7-6-15(3)23-20;2-1-3/h6-7,11,16,27H,4-5,8-10,12-14H2,1-3H3;1H,(H,2,3). The number of aryl methyl sites for hydroxylation is 2. The van der Waals surface area contributed by atoms with Crippen molar-refractivity contribution in [2.24, 2.45) is 11.3 Å². The fourth-order valence-corrected chi connectivity index (χ4v) is 5.08. The molecule has 2 aromatic rings. The lowest BCUT2D eigenvalue weighted by Crippen LogP contribution is -2.40. The lowest BCUT2D eigenvalue weighted by molar-refractivity contribution is -0.122. The number of aliphatic hydroxyl groups is 1. The van der Waals surface area contributed by atoms with Gasteiger partial charge >= 0.3 is 0 Å². The van der Waals surface area contributed by atoms with Gasteiger partial charge in [-0.15, -0.1) is 0 Å². The Kier molecular flexibility index (Phi) is 7.30. The smallest absolute Gasteiger partial charge is 0.290 e. The van der Waals surface area contributed by atoms with Crippen LogP contribution in [0.2, 0.25) is 0 Å². The highest BCUT2D eigenvalue weighted by Gasteiger charge is 2.53. The van der Waals surface area contributed by atoms with Crippen LogP contribution in [0.25, 0.3) is 11.0 Å². The summed E-state index contributed by atoms with van der Waals surface area (Å²) in [5, 5.41) is 17.5. The first kappa shape index (κ1) is 23.9. The molecule has 1 amide bonds. The first-order valence-electron chi connectivity index (χ1n) is 11.0. The molecule has 2 fully saturated rings. The average molecular weight is 445 g/mol. The zero-order chi connectivity index (χ0) is 23.5. The van der Waals surface area contributed by atoms with Crippen LogP contribution in [-0.2, 0) is 11.3 Å². The third-order valence-corrected chi connectivity index (χ3v) is 6.60. The second-order valence-electron chi connectivity index (χ2n) is 8.73. The number of nitrogens with zero attached hydrogens (tertiary/aromatic N) is 4. The van der Waals surface area contributed by atoms with Crippen LogP contribution in [-0.4, -0.2) is 81.3 Å². The van der Waals surface area contributed by atoms with Crippen molar-refractivity contribution in [1.29, 1.82) is 0 Å².